The number of carbonyl (C=O) groups excluding carboxylic acids is 1. The Morgan fingerprint density at radius 1 is 1.04 bits per heavy atom. The van der Waals surface area contributed by atoms with Crippen LogP contribution in [0.25, 0.3) is 22.2 Å². The Morgan fingerprint density at radius 3 is 2.54 bits per heavy atom. The molecule has 0 atom stereocenters. The molecule has 24 heavy (non-hydrogen) atoms. The summed E-state index contributed by atoms with van der Waals surface area (Å²) in [5.74, 6) is 0. The number of carbonyl (C=O) groups is 1. The molecule has 2 amide bonds. The van der Waals surface area contributed by atoms with E-state index in [9.17, 15) is 4.79 Å². The number of aromatic nitrogens is 2. The lowest BCUT2D eigenvalue weighted by molar-refractivity contribution is 0.229. The summed E-state index contributed by atoms with van der Waals surface area (Å²) in [5, 5.41) is 1.11. The fourth-order valence-corrected chi connectivity index (χ4v) is 3.12. The lowest BCUT2D eigenvalue weighted by atomic mass is 10.1. The lowest BCUT2D eigenvalue weighted by Gasteiger charge is -2.17. The van der Waals surface area contributed by atoms with E-state index in [0.29, 0.717) is 6.54 Å². The first-order valence-electron chi connectivity index (χ1n) is 7.98. The molecule has 2 aromatic heterocycles. The van der Waals surface area contributed by atoms with E-state index in [0.717, 1.165) is 34.4 Å². The molecule has 1 saturated heterocycles. The van der Waals surface area contributed by atoms with Crippen molar-refractivity contribution in [1.82, 2.24) is 14.9 Å². The van der Waals surface area contributed by atoms with Crippen molar-refractivity contribution in [2.45, 2.75) is 6.92 Å². The summed E-state index contributed by atoms with van der Waals surface area (Å²) in [5.41, 5.74) is 4.93. The Labute approximate surface area is 140 Å². The summed E-state index contributed by atoms with van der Waals surface area (Å²) < 4.78 is 0. The number of anilines is 1. The molecule has 120 valence electrons. The zero-order valence-electron chi connectivity index (χ0n) is 13.7. The van der Waals surface area contributed by atoms with Crippen molar-refractivity contribution < 1.29 is 4.79 Å². The van der Waals surface area contributed by atoms with Gasteiger partial charge in [0.1, 0.15) is 0 Å². The number of rotatable bonds is 2. The zero-order chi connectivity index (χ0) is 16.7. The van der Waals surface area contributed by atoms with Crippen molar-refractivity contribution >= 4 is 22.6 Å². The molecule has 1 fully saturated rings. The number of urea groups is 1. The van der Waals surface area contributed by atoms with Gasteiger partial charge in [0.2, 0.25) is 0 Å². The van der Waals surface area contributed by atoms with Gasteiger partial charge in [-0.15, -0.1) is 0 Å². The Morgan fingerprint density at radius 2 is 1.83 bits per heavy atom. The molecule has 0 radical (unpaired) electrons. The molecule has 1 aromatic carbocycles. The van der Waals surface area contributed by atoms with Gasteiger partial charge in [0, 0.05) is 49.2 Å². The number of fused-ring (bicyclic) bond motifs is 1. The molecule has 0 bridgehead atoms. The molecular weight excluding hydrogens is 300 g/mol. The quantitative estimate of drug-likeness (QED) is 0.727. The number of pyridine rings is 2. The van der Waals surface area contributed by atoms with Gasteiger partial charge in [-0.3, -0.25) is 9.88 Å². The molecule has 4 rings (SSSR count). The highest BCUT2D eigenvalue weighted by atomic mass is 16.2. The van der Waals surface area contributed by atoms with Crippen LogP contribution in [0.1, 0.15) is 5.56 Å². The summed E-state index contributed by atoms with van der Waals surface area (Å²) >= 11 is 0. The van der Waals surface area contributed by atoms with E-state index in [1.165, 1.54) is 5.56 Å². The first-order chi connectivity index (χ1) is 11.6. The SMILES string of the molecule is Cc1cc(-c2ccncc2)nc2cc(N3CCN(C)C3=O)ccc12. The van der Waals surface area contributed by atoms with Gasteiger partial charge in [-0.05, 0) is 42.8 Å². The third-order valence-electron chi connectivity index (χ3n) is 4.50. The predicted octanol–water partition coefficient (Wildman–Crippen LogP) is 3.48. The first-order valence-corrected chi connectivity index (χ1v) is 7.98. The van der Waals surface area contributed by atoms with Crippen LogP contribution < -0.4 is 4.90 Å². The molecule has 3 heterocycles. The highest BCUT2D eigenvalue weighted by molar-refractivity contribution is 5.97. The molecule has 5 nitrogen and oxygen atoms in total. The molecule has 0 N–H and O–H groups in total. The molecule has 1 aliphatic heterocycles. The highest BCUT2D eigenvalue weighted by Gasteiger charge is 2.26. The minimum Gasteiger partial charge on any atom is -0.326 e. The molecule has 0 aliphatic carbocycles. The minimum atomic E-state index is 0.0383. The molecule has 0 unspecified atom stereocenters. The number of amides is 2. The Bertz CT molecular complexity index is 923. The monoisotopic (exact) mass is 318 g/mol. The second-order valence-corrected chi connectivity index (χ2v) is 6.12. The lowest BCUT2D eigenvalue weighted by Crippen LogP contribution is -2.29. The second-order valence-electron chi connectivity index (χ2n) is 6.12. The normalized spacial score (nSPS) is 14.7. The van der Waals surface area contributed by atoms with Gasteiger partial charge < -0.3 is 4.90 Å². The predicted molar refractivity (Wildman–Crippen MR) is 95.1 cm³/mol. The Kier molecular flexibility index (Phi) is 3.41. The van der Waals surface area contributed by atoms with Gasteiger partial charge in [-0.25, -0.2) is 9.78 Å². The third-order valence-corrected chi connectivity index (χ3v) is 4.50. The van der Waals surface area contributed by atoms with Crippen LogP contribution >= 0.6 is 0 Å². The average Bonchev–Trinajstić information content (AvgIpc) is 2.94. The molecular formula is C19H18N4O. The molecule has 1 aliphatic rings. The summed E-state index contributed by atoms with van der Waals surface area (Å²) in [6.45, 7) is 3.55. The Hall–Kier alpha value is -2.95. The number of nitrogens with zero attached hydrogens (tertiary/aromatic N) is 4. The van der Waals surface area contributed by atoms with Gasteiger partial charge in [-0.2, -0.15) is 0 Å². The molecule has 0 saturated carbocycles. The van der Waals surface area contributed by atoms with Crippen LogP contribution in [-0.4, -0.2) is 41.0 Å². The summed E-state index contributed by atoms with van der Waals surface area (Å²) in [4.78, 5) is 24.6. The summed E-state index contributed by atoms with van der Waals surface area (Å²) in [6, 6.07) is 12.1. The molecule has 3 aromatic rings. The average molecular weight is 318 g/mol. The standard InChI is InChI=1S/C19H18N4O/c1-13-11-17(14-5-7-20-8-6-14)21-18-12-15(3-4-16(13)18)23-10-9-22(2)19(23)24/h3-8,11-12H,9-10H2,1-2H3. The second kappa shape index (κ2) is 5.60. The van der Waals surface area contributed by atoms with E-state index in [1.807, 2.05) is 31.3 Å². The Balaban J connectivity index is 1.82. The van der Waals surface area contributed by atoms with Crippen molar-refractivity contribution in [2.24, 2.45) is 0 Å². The van der Waals surface area contributed by atoms with Gasteiger partial charge >= 0.3 is 6.03 Å². The fraction of sp³-hybridized carbons (Fsp3) is 0.211. The van der Waals surface area contributed by atoms with E-state index in [4.69, 9.17) is 4.98 Å². The van der Waals surface area contributed by atoms with Crippen LogP contribution in [0, 0.1) is 6.92 Å². The van der Waals surface area contributed by atoms with Crippen molar-refractivity contribution in [3.05, 3.63) is 54.4 Å². The smallest absolute Gasteiger partial charge is 0.324 e. The van der Waals surface area contributed by atoms with Crippen molar-refractivity contribution in [2.75, 3.05) is 25.0 Å². The van der Waals surface area contributed by atoms with Crippen molar-refractivity contribution in [3.63, 3.8) is 0 Å². The number of likely N-dealkylation sites (N-methyl/N-ethyl adjacent to an activating group) is 1. The van der Waals surface area contributed by atoms with Crippen LogP contribution in [0.4, 0.5) is 10.5 Å². The summed E-state index contributed by atoms with van der Waals surface area (Å²) in [6.07, 6.45) is 3.54. The van der Waals surface area contributed by atoms with Gasteiger partial charge in [0.25, 0.3) is 0 Å². The van der Waals surface area contributed by atoms with Crippen molar-refractivity contribution in [3.8, 4) is 11.3 Å². The van der Waals surface area contributed by atoms with Gasteiger partial charge in [0.05, 0.1) is 11.2 Å². The molecule has 0 spiro atoms. The minimum absolute atomic E-state index is 0.0383. The third kappa shape index (κ3) is 2.38. The number of aryl methyl sites for hydroxylation is 1. The summed E-state index contributed by atoms with van der Waals surface area (Å²) in [7, 11) is 1.83. The van der Waals surface area contributed by atoms with Crippen molar-refractivity contribution in [1.29, 1.82) is 0 Å². The first kappa shape index (κ1) is 14.6. The number of hydrogen-bond donors (Lipinski definition) is 0. The maximum atomic E-state index is 12.2. The van der Waals surface area contributed by atoms with Crippen LogP contribution in [0.5, 0.6) is 0 Å². The maximum Gasteiger partial charge on any atom is 0.324 e. The number of benzene rings is 1. The zero-order valence-corrected chi connectivity index (χ0v) is 13.7. The molecule has 5 heteroatoms. The van der Waals surface area contributed by atoms with Crippen LogP contribution in [-0.2, 0) is 0 Å². The highest BCUT2D eigenvalue weighted by Crippen LogP contribution is 2.28. The van der Waals surface area contributed by atoms with Crippen LogP contribution in [0.15, 0.2) is 48.8 Å². The topological polar surface area (TPSA) is 49.3 Å². The van der Waals surface area contributed by atoms with E-state index >= 15 is 0 Å². The number of hydrogen-bond acceptors (Lipinski definition) is 3. The maximum absolute atomic E-state index is 12.2. The largest absolute Gasteiger partial charge is 0.326 e. The van der Waals surface area contributed by atoms with E-state index in [-0.39, 0.29) is 6.03 Å². The van der Waals surface area contributed by atoms with E-state index < -0.39 is 0 Å². The fourth-order valence-electron chi connectivity index (χ4n) is 3.12. The van der Waals surface area contributed by atoms with Crippen LogP contribution in [0.2, 0.25) is 0 Å². The van der Waals surface area contributed by atoms with Gasteiger partial charge in [0.15, 0.2) is 0 Å². The van der Waals surface area contributed by atoms with E-state index in [2.05, 4.69) is 24.0 Å². The van der Waals surface area contributed by atoms with Crippen LogP contribution in [0.3, 0.4) is 0 Å². The van der Waals surface area contributed by atoms with Gasteiger partial charge in [-0.1, -0.05) is 6.07 Å². The van der Waals surface area contributed by atoms with E-state index in [1.54, 1.807) is 22.2 Å².